The standard InChI is InChI=1S/C27H29Cl2N3O6/c1-16-21(13-32-15-30-25(28)26(32)29)37-27(38-24(16)18-10-8-17(14-33)9-11-18)19-4-2-5-20(12-19)31-22(34)6-3-7-23(35)36/h2,4-5,8-12,15-16,21,24,27,33H,3,6-7,13-14H2,1H3,(H,31,34)(H,35,36). The van der Waals surface area contributed by atoms with Crippen LogP contribution in [0.25, 0.3) is 0 Å². The molecule has 202 valence electrons. The van der Waals surface area contributed by atoms with Crippen LogP contribution in [0.15, 0.2) is 54.9 Å². The van der Waals surface area contributed by atoms with Gasteiger partial charge in [0, 0.05) is 30.0 Å². The third kappa shape index (κ3) is 6.92. The van der Waals surface area contributed by atoms with E-state index in [4.69, 9.17) is 37.8 Å². The van der Waals surface area contributed by atoms with Crippen LogP contribution in [0.3, 0.4) is 0 Å². The van der Waals surface area contributed by atoms with Crippen molar-refractivity contribution in [2.75, 3.05) is 5.32 Å². The van der Waals surface area contributed by atoms with Gasteiger partial charge >= 0.3 is 5.97 Å². The van der Waals surface area contributed by atoms with Gasteiger partial charge in [-0.05, 0) is 29.7 Å². The van der Waals surface area contributed by atoms with Crippen LogP contribution in [0.2, 0.25) is 10.3 Å². The van der Waals surface area contributed by atoms with Crippen molar-refractivity contribution in [3.63, 3.8) is 0 Å². The Bertz CT molecular complexity index is 1270. The van der Waals surface area contributed by atoms with Gasteiger partial charge in [0.05, 0.1) is 31.7 Å². The number of hydrogen-bond acceptors (Lipinski definition) is 6. The maximum atomic E-state index is 12.3. The maximum Gasteiger partial charge on any atom is 0.303 e. The molecule has 2 heterocycles. The van der Waals surface area contributed by atoms with E-state index < -0.39 is 12.3 Å². The fourth-order valence-corrected chi connectivity index (χ4v) is 4.69. The molecule has 0 radical (unpaired) electrons. The number of imidazole rings is 1. The number of anilines is 1. The first-order valence-electron chi connectivity index (χ1n) is 12.2. The number of benzene rings is 2. The molecule has 0 saturated carbocycles. The molecule has 1 saturated heterocycles. The first-order chi connectivity index (χ1) is 18.2. The summed E-state index contributed by atoms with van der Waals surface area (Å²) in [5.41, 5.74) is 2.99. The average molecular weight is 562 g/mol. The van der Waals surface area contributed by atoms with Crippen LogP contribution < -0.4 is 5.32 Å². The zero-order valence-electron chi connectivity index (χ0n) is 20.7. The molecule has 38 heavy (non-hydrogen) atoms. The lowest BCUT2D eigenvalue weighted by molar-refractivity contribution is -0.276. The number of carbonyl (C=O) groups is 2. The molecule has 0 spiro atoms. The SMILES string of the molecule is CC1C(Cn2cnc(Cl)c2Cl)OC(c2cccc(NC(=O)CCCC(=O)O)c2)OC1c1ccc(CO)cc1. The number of carbonyl (C=O) groups excluding carboxylic acids is 1. The summed E-state index contributed by atoms with van der Waals surface area (Å²) in [5, 5.41) is 21.6. The lowest BCUT2D eigenvalue weighted by Crippen LogP contribution is -2.39. The number of nitrogens with one attached hydrogen (secondary N) is 1. The molecular weight excluding hydrogens is 533 g/mol. The number of aliphatic hydroxyl groups excluding tert-OH is 1. The Morgan fingerprint density at radius 1 is 1.08 bits per heavy atom. The van der Waals surface area contributed by atoms with E-state index in [1.165, 1.54) is 0 Å². The minimum absolute atomic E-state index is 0.0512. The lowest BCUT2D eigenvalue weighted by atomic mass is 9.90. The molecule has 4 atom stereocenters. The number of ether oxygens (including phenoxy) is 2. The van der Waals surface area contributed by atoms with Crippen molar-refractivity contribution in [2.24, 2.45) is 5.92 Å². The number of carboxylic acid groups (broad SMARTS) is 1. The van der Waals surface area contributed by atoms with E-state index >= 15 is 0 Å². The van der Waals surface area contributed by atoms with Crippen LogP contribution in [0.4, 0.5) is 5.69 Å². The normalized spacial score (nSPS) is 21.3. The van der Waals surface area contributed by atoms with Crippen molar-refractivity contribution in [2.45, 2.75) is 57.8 Å². The van der Waals surface area contributed by atoms with Crippen LogP contribution in [0.5, 0.6) is 0 Å². The van der Waals surface area contributed by atoms with Crippen LogP contribution in [-0.4, -0.2) is 37.7 Å². The number of aromatic nitrogens is 2. The van der Waals surface area contributed by atoms with Gasteiger partial charge in [-0.15, -0.1) is 0 Å². The monoisotopic (exact) mass is 561 g/mol. The number of hydrogen-bond donors (Lipinski definition) is 3. The molecule has 9 nitrogen and oxygen atoms in total. The molecule has 0 aliphatic carbocycles. The molecule has 3 aromatic rings. The zero-order valence-corrected chi connectivity index (χ0v) is 22.2. The second-order valence-electron chi connectivity index (χ2n) is 9.22. The van der Waals surface area contributed by atoms with Crippen LogP contribution in [-0.2, 0) is 32.2 Å². The minimum Gasteiger partial charge on any atom is -0.481 e. The van der Waals surface area contributed by atoms with E-state index in [1.54, 1.807) is 29.1 Å². The molecule has 1 aliphatic rings. The van der Waals surface area contributed by atoms with E-state index in [0.717, 1.165) is 11.1 Å². The van der Waals surface area contributed by atoms with Crippen LogP contribution in [0, 0.1) is 5.92 Å². The summed E-state index contributed by atoms with van der Waals surface area (Å²) in [7, 11) is 0. The Hall–Kier alpha value is -2.95. The van der Waals surface area contributed by atoms with Crippen molar-refractivity contribution in [1.82, 2.24) is 9.55 Å². The van der Waals surface area contributed by atoms with Gasteiger partial charge in [0.2, 0.25) is 5.91 Å². The summed E-state index contributed by atoms with van der Waals surface area (Å²) in [5.74, 6) is -1.29. The number of halogens is 2. The number of amides is 1. The predicted molar refractivity (Wildman–Crippen MR) is 142 cm³/mol. The van der Waals surface area contributed by atoms with Gasteiger partial charge in [-0.25, -0.2) is 4.98 Å². The van der Waals surface area contributed by atoms with Gasteiger partial charge in [-0.3, -0.25) is 9.59 Å². The summed E-state index contributed by atoms with van der Waals surface area (Å²) >= 11 is 12.4. The Kier molecular flexibility index (Phi) is 9.40. The zero-order chi connectivity index (χ0) is 27.2. The summed E-state index contributed by atoms with van der Waals surface area (Å²) < 4.78 is 14.6. The Morgan fingerprint density at radius 3 is 2.50 bits per heavy atom. The third-order valence-corrected chi connectivity index (χ3v) is 7.24. The molecule has 1 aliphatic heterocycles. The van der Waals surface area contributed by atoms with E-state index in [0.29, 0.717) is 22.9 Å². The molecule has 1 aromatic heterocycles. The van der Waals surface area contributed by atoms with Gasteiger partial charge in [0.25, 0.3) is 0 Å². The molecule has 2 aromatic carbocycles. The van der Waals surface area contributed by atoms with E-state index in [-0.39, 0.29) is 55.1 Å². The van der Waals surface area contributed by atoms with E-state index in [2.05, 4.69) is 10.3 Å². The summed E-state index contributed by atoms with van der Waals surface area (Å²) in [6.07, 6.45) is 0.451. The number of aliphatic hydroxyl groups is 1. The Balaban J connectivity index is 1.56. The first kappa shape index (κ1) is 28.1. The Morgan fingerprint density at radius 2 is 1.84 bits per heavy atom. The van der Waals surface area contributed by atoms with Gasteiger partial charge in [-0.2, -0.15) is 0 Å². The summed E-state index contributed by atoms with van der Waals surface area (Å²) in [6, 6.07) is 14.8. The summed E-state index contributed by atoms with van der Waals surface area (Å²) in [6.45, 7) is 2.38. The van der Waals surface area contributed by atoms with Crippen LogP contribution >= 0.6 is 23.2 Å². The van der Waals surface area contributed by atoms with Gasteiger partial charge in [0.15, 0.2) is 11.4 Å². The second-order valence-corrected chi connectivity index (χ2v) is 9.94. The number of nitrogens with zero attached hydrogens (tertiary/aromatic N) is 2. The highest BCUT2D eigenvalue weighted by Crippen LogP contribution is 2.42. The molecule has 3 N–H and O–H groups in total. The highest BCUT2D eigenvalue weighted by Gasteiger charge is 2.39. The minimum atomic E-state index is -0.935. The smallest absolute Gasteiger partial charge is 0.303 e. The quantitative estimate of drug-likeness (QED) is 0.304. The lowest BCUT2D eigenvalue weighted by Gasteiger charge is -2.41. The molecule has 4 rings (SSSR count). The summed E-state index contributed by atoms with van der Waals surface area (Å²) in [4.78, 5) is 27.1. The third-order valence-electron chi connectivity index (χ3n) is 6.47. The van der Waals surface area contributed by atoms with E-state index in [9.17, 15) is 14.7 Å². The van der Waals surface area contributed by atoms with Gasteiger partial charge in [-0.1, -0.05) is 66.5 Å². The molecule has 4 unspecified atom stereocenters. The Labute approximate surface area is 230 Å². The fourth-order valence-electron chi connectivity index (χ4n) is 4.38. The van der Waals surface area contributed by atoms with Crippen LogP contribution in [0.1, 0.15) is 55.3 Å². The van der Waals surface area contributed by atoms with Gasteiger partial charge < -0.3 is 29.6 Å². The van der Waals surface area contributed by atoms with Crippen molar-refractivity contribution in [3.8, 4) is 0 Å². The number of carboxylic acids is 1. The second kappa shape index (κ2) is 12.7. The molecule has 1 amide bonds. The highest BCUT2D eigenvalue weighted by molar-refractivity contribution is 6.40. The van der Waals surface area contributed by atoms with Crippen molar-refractivity contribution in [1.29, 1.82) is 0 Å². The first-order valence-corrected chi connectivity index (χ1v) is 13.0. The maximum absolute atomic E-state index is 12.3. The van der Waals surface area contributed by atoms with Gasteiger partial charge in [0.1, 0.15) is 5.15 Å². The topological polar surface area (TPSA) is 123 Å². The molecule has 1 fully saturated rings. The number of rotatable bonds is 10. The fraction of sp³-hybridized carbons (Fsp3) is 0.370. The molecule has 0 bridgehead atoms. The number of aliphatic carboxylic acids is 1. The van der Waals surface area contributed by atoms with E-state index in [1.807, 2.05) is 37.3 Å². The van der Waals surface area contributed by atoms with Crippen molar-refractivity contribution in [3.05, 3.63) is 81.9 Å². The largest absolute Gasteiger partial charge is 0.481 e. The predicted octanol–water partition coefficient (Wildman–Crippen LogP) is 5.37. The molecule has 11 heteroatoms. The highest BCUT2D eigenvalue weighted by atomic mass is 35.5. The van der Waals surface area contributed by atoms with Crippen molar-refractivity contribution < 1.29 is 29.3 Å². The molecular formula is C27H29Cl2N3O6. The van der Waals surface area contributed by atoms with Crippen molar-refractivity contribution >= 4 is 40.8 Å². The average Bonchev–Trinajstić information content (AvgIpc) is 3.22.